The zero-order chi connectivity index (χ0) is 13.7. The van der Waals surface area contributed by atoms with E-state index < -0.39 is 0 Å². The van der Waals surface area contributed by atoms with Crippen LogP contribution in [-0.2, 0) is 13.5 Å². The summed E-state index contributed by atoms with van der Waals surface area (Å²) >= 11 is 0. The Labute approximate surface area is 117 Å². The SMILES string of the molecule is Cc1cnc2c(n1)NC(c1cn(C)c3ccccc13)C2. The van der Waals surface area contributed by atoms with Crippen molar-refractivity contribution in [2.45, 2.75) is 19.4 Å². The zero-order valence-corrected chi connectivity index (χ0v) is 11.6. The summed E-state index contributed by atoms with van der Waals surface area (Å²) in [6, 6.07) is 8.77. The Morgan fingerprint density at radius 2 is 2.15 bits per heavy atom. The van der Waals surface area contributed by atoms with Crippen molar-refractivity contribution in [3.63, 3.8) is 0 Å². The van der Waals surface area contributed by atoms with Gasteiger partial charge in [-0.05, 0) is 13.0 Å². The van der Waals surface area contributed by atoms with Gasteiger partial charge < -0.3 is 9.88 Å². The Hall–Kier alpha value is -2.36. The lowest BCUT2D eigenvalue weighted by Crippen LogP contribution is -2.05. The number of nitrogens with zero attached hydrogens (tertiary/aromatic N) is 3. The van der Waals surface area contributed by atoms with Crippen molar-refractivity contribution in [3.05, 3.63) is 53.6 Å². The minimum atomic E-state index is 0.262. The average Bonchev–Trinajstić information content (AvgIpc) is 3.00. The van der Waals surface area contributed by atoms with Gasteiger partial charge in [-0.15, -0.1) is 0 Å². The number of benzene rings is 1. The average molecular weight is 264 g/mol. The Morgan fingerprint density at radius 1 is 1.30 bits per heavy atom. The van der Waals surface area contributed by atoms with Gasteiger partial charge in [0, 0.05) is 42.3 Å². The molecule has 0 fully saturated rings. The summed E-state index contributed by atoms with van der Waals surface area (Å²) in [5.41, 5.74) is 4.60. The second-order valence-corrected chi connectivity index (χ2v) is 5.42. The summed E-state index contributed by atoms with van der Waals surface area (Å²) in [6.07, 6.45) is 4.95. The molecule has 4 nitrogen and oxygen atoms in total. The maximum atomic E-state index is 4.54. The first-order valence-electron chi connectivity index (χ1n) is 6.85. The van der Waals surface area contributed by atoms with Gasteiger partial charge in [0.1, 0.15) is 5.82 Å². The number of hydrogen-bond acceptors (Lipinski definition) is 3. The maximum absolute atomic E-state index is 4.54. The van der Waals surface area contributed by atoms with Crippen LogP contribution in [0.2, 0.25) is 0 Å². The summed E-state index contributed by atoms with van der Waals surface area (Å²) in [5.74, 6) is 0.933. The van der Waals surface area contributed by atoms with Crippen LogP contribution in [0.5, 0.6) is 0 Å². The quantitative estimate of drug-likeness (QED) is 0.734. The highest BCUT2D eigenvalue weighted by molar-refractivity contribution is 5.85. The number of fused-ring (bicyclic) bond motifs is 2. The molecule has 0 saturated carbocycles. The van der Waals surface area contributed by atoms with E-state index in [2.05, 4.69) is 57.4 Å². The fourth-order valence-electron chi connectivity index (χ4n) is 3.02. The van der Waals surface area contributed by atoms with Gasteiger partial charge in [-0.3, -0.25) is 4.98 Å². The fourth-order valence-corrected chi connectivity index (χ4v) is 3.02. The van der Waals surface area contributed by atoms with Gasteiger partial charge in [0.2, 0.25) is 0 Å². The maximum Gasteiger partial charge on any atom is 0.148 e. The van der Waals surface area contributed by atoms with E-state index in [4.69, 9.17) is 0 Å². The van der Waals surface area contributed by atoms with Gasteiger partial charge in [0.25, 0.3) is 0 Å². The normalized spacial score (nSPS) is 17.2. The smallest absolute Gasteiger partial charge is 0.148 e. The fraction of sp³-hybridized carbons (Fsp3) is 0.250. The lowest BCUT2D eigenvalue weighted by Gasteiger charge is -2.09. The largest absolute Gasteiger partial charge is 0.361 e. The standard InChI is InChI=1S/C16H16N4/c1-10-8-17-14-7-13(19-16(14)18-10)12-9-20(2)15-6-4-3-5-11(12)15/h3-6,8-9,13H,7H2,1-2H3,(H,18,19). The Bertz CT molecular complexity index is 803. The number of anilines is 1. The minimum absolute atomic E-state index is 0.262. The van der Waals surface area contributed by atoms with Crippen LogP contribution in [0.4, 0.5) is 5.82 Å². The molecule has 4 rings (SSSR count). The number of hydrogen-bond donors (Lipinski definition) is 1. The molecule has 2 aromatic heterocycles. The van der Waals surface area contributed by atoms with E-state index in [1.807, 2.05) is 13.1 Å². The Morgan fingerprint density at radius 3 is 3.05 bits per heavy atom. The van der Waals surface area contributed by atoms with E-state index in [9.17, 15) is 0 Å². The van der Waals surface area contributed by atoms with Crippen LogP contribution in [0.1, 0.15) is 23.0 Å². The molecule has 4 heteroatoms. The van der Waals surface area contributed by atoms with Gasteiger partial charge in [0.05, 0.1) is 17.4 Å². The monoisotopic (exact) mass is 264 g/mol. The van der Waals surface area contributed by atoms with E-state index in [0.717, 1.165) is 23.6 Å². The van der Waals surface area contributed by atoms with E-state index >= 15 is 0 Å². The molecule has 0 amide bonds. The van der Waals surface area contributed by atoms with Crippen LogP contribution in [0.15, 0.2) is 36.7 Å². The first-order valence-corrected chi connectivity index (χ1v) is 6.85. The molecule has 0 radical (unpaired) electrons. The van der Waals surface area contributed by atoms with Crippen molar-refractivity contribution in [1.29, 1.82) is 0 Å². The molecular weight excluding hydrogens is 248 g/mol. The molecule has 0 saturated heterocycles. The topological polar surface area (TPSA) is 42.7 Å². The van der Waals surface area contributed by atoms with Crippen molar-refractivity contribution >= 4 is 16.7 Å². The van der Waals surface area contributed by atoms with Gasteiger partial charge in [-0.2, -0.15) is 0 Å². The molecule has 1 aliphatic rings. The molecule has 1 N–H and O–H groups in total. The first kappa shape index (κ1) is 11.5. The second-order valence-electron chi connectivity index (χ2n) is 5.42. The van der Waals surface area contributed by atoms with Gasteiger partial charge in [-0.25, -0.2) is 4.98 Å². The van der Waals surface area contributed by atoms with E-state index in [0.29, 0.717) is 0 Å². The molecule has 3 aromatic rings. The highest BCUT2D eigenvalue weighted by Crippen LogP contribution is 2.35. The third-order valence-electron chi connectivity index (χ3n) is 3.98. The van der Waals surface area contributed by atoms with Crippen LogP contribution in [0.3, 0.4) is 0 Å². The van der Waals surface area contributed by atoms with Crippen LogP contribution in [0.25, 0.3) is 10.9 Å². The number of aryl methyl sites for hydroxylation is 2. The molecule has 0 spiro atoms. The number of rotatable bonds is 1. The van der Waals surface area contributed by atoms with E-state index in [-0.39, 0.29) is 6.04 Å². The molecule has 0 aliphatic carbocycles. The van der Waals surface area contributed by atoms with E-state index in [1.165, 1.54) is 16.5 Å². The highest BCUT2D eigenvalue weighted by atomic mass is 15.1. The molecule has 1 atom stereocenters. The first-order chi connectivity index (χ1) is 9.72. The molecule has 1 aliphatic heterocycles. The molecule has 0 bridgehead atoms. The predicted octanol–water partition coefficient (Wildman–Crippen LogP) is 2.99. The number of para-hydroxylation sites is 1. The van der Waals surface area contributed by atoms with Crippen molar-refractivity contribution in [2.75, 3.05) is 5.32 Å². The Balaban J connectivity index is 1.79. The van der Waals surface area contributed by atoms with Crippen LogP contribution in [-0.4, -0.2) is 14.5 Å². The third-order valence-corrected chi connectivity index (χ3v) is 3.98. The predicted molar refractivity (Wildman–Crippen MR) is 79.8 cm³/mol. The van der Waals surface area contributed by atoms with E-state index in [1.54, 1.807) is 0 Å². The highest BCUT2D eigenvalue weighted by Gasteiger charge is 2.26. The molecule has 1 aromatic carbocycles. The molecule has 1 unspecified atom stereocenters. The van der Waals surface area contributed by atoms with Crippen molar-refractivity contribution in [1.82, 2.24) is 14.5 Å². The summed E-state index contributed by atoms with van der Waals surface area (Å²) in [6.45, 7) is 1.97. The van der Waals surface area contributed by atoms with Crippen molar-refractivity contribution in [2.24, 2.45) is 7.05 Å². The summed E-state index contributed by atoms with van der Waals surface area (Å²) < 4.78 is 2.18. The summed E-state index contributed by atoms with van der Waals surface area (Å²) in [4.78, 5) is 9.03. The van der Waals surface area contributed by atoms with Gasteiger partial charge in [-0.1, -0.05) is 18.2 Å². The summed E-state index contributed by atoms with van der Waals surface area (Å²) in [5, 5.41) is 4.81. The second kappa shape index (κ2) is 4.07. The molecule has 100 valence electrons. The lowest BCUT2D eigenvalue weighted by molar-refractivity contribution is 0.807. The molecular formula is C16H16N4. The number of aromatic nitrogens is 3. The van der Waals surface area contributed by atoms with Crippen LogP contribution in [0, 0.1) is 6.92 Å². The minimum Gasteiger partial charge on any atom is -0.361 e. The summed E-state index contributed by atoms with van der Waals surface area (Å²) in [7, 11) is 2.09. The van der Waals surface area contributed by atoms with Crippen LogP contribution < -0.4 is 5.32 Å². The van der Waals surface area contributed by atoms with Gasteiger partial charge >= 0.3 is 0 Å². The zero-order valence-electron chi connectivity index (χ0n) is 11.6. The number of nitrogens with one attached hydrogen (secondary N) is 1. The lowest BCUT2D eigenvalue weighted by atomic mass is 10.0. The molecule has 20 heavy (non-hydrogen) atoms. The van der Waals surface area contributed by atoms with Crippen molar-refractivity contribution < 1.29 is 0 Å². The third kappa shape index (κ3) is 1.61. The van der Waals surface area contributed by atoms with Crippen LogP contribution >= 0.6 is 0 Å². The Kier molecular flexibility index (Phi) is 2.33. The molecule has 3 heterocycles. The van der Waals surface area contributed by atoms with Crippen molar-refractivity contribution in [3.8, 4) is 0 Å². The van der Waals surface area contributed by atoms with Gasteiger partial charge in [0.15, 0.2) is 0 Å².